The van der Waals surface area contributed by atoms with Crippen molar-refractivity contribution in [1.82, 2.24) is 0 Å². The van der Waals surface area contributed by atoms with Gasteiger partial charge in [0.25, 0.3) is 0 Å². The second kappa shape index (κ2) is 36.0. The summed E-state index contributed by atoms with van der Waals surface area (Å²) >= 11 is 0. The van der Waals surface area contributed by atoms with Crippen LogP contribution in [0.3, 0.4) is 0 Å². The first-order valence-corrected chi connectivity index (χ1v) is 49.8. The summed E-state index contributed by atoms with van der Waals surface area (Å²) in [7, 11) is 0. The molecule has 27 aromatic carbocycles. The van der Waals surface area contributed by atoms with Gasteiger partial charge in [-0.05, 0) is 305 Å². The standard InChI is InChI=1S/C54H34.C47H34.C42H28/c1-2-17-37(18-3-1)51-43-22-8-10-24-45(43)53(46-25-11-9-23-44(46)51)40-31-32-49-50(34-40)54(42-28-14-20-36-16-6-7-21-41(36)42)48-27-13-12-26-47(48)52(49)39-30-29-35-15-4-5-19-38(35)33-39;1-47(2)43-20-12-11-17-37(43)38-27-26-36(30-44(38)47)46-40-19-10-9-18-39(40)45(34-23-21-33(22-24-34)31-13-5-3-6-14-31)41-28-25-35(29-42(41)46)32-15-7-4-8-16-32;1-3-12-29(13-4-1)31-22-24-33(25-23-31)41-37-19-9-10-20-38(37)42(36-21-11-17-32-16-7-8-18-35(32)36)40-28-34(26-27-39(40)41)30-14-5-2-6-15-30/h1-34H;3-30H,1-2H3;1-28H. The Morgan fingerprint density at radius 2 is 0.329 bits per heavy atom. The molecular weight excluding hydrogens is 1720 g/mol. The van der Waals surface area contributed by atoms with E-state index < -0.39 is 0 Å². The first-order chi connectivity index (χ1) is 70.7. The number of rotatable bonds is 12. The van der Waals surface area contributed by atoms with Crippen LogP contribution in [0.2, 0.25) is 0 Å². The smallest absolute Gasteiger partial charge is 0.0159 e. The summed E-state index contributed by atoms with van der Waals surface area (Å²) < 4.78 is 0. The Kier molecular flexibility index (Phi) is 21.4. The largest absolute Gasteiger partial charge is 0.0622 e. The van der Waals surface area contributed by atoms with Crippen molar-refractivity contribution < 1.29 is 0 Å². The molecule has 0 atom stereocenters. The van der Waals surface area contributed by atoms with E-state index in [9.17, 15) is 0 Å². The molecule has 27 aromatic rings. The van der Waals surface area contributed by atoms with E-state index >= 15 is 0 Å². The lowest BCUT2D eigenvalue weighted by Gasteiger charge is -2.23. The lowest BCUT2D eigenvalue weighted by atomic mass is 9.80. The fourth-order valence-corrected chi connectivity index (χ4v) is 23.5. The van der Waals surface area contributed by atoms with Gasteiger partial charge in [0.15, 0.2) is 0 Å². The molecule has 0 aromatic heterocycles. The van der Waals surface area contributed by atoms with Gasteiger partial charge in [-0.25, -0.2) is 0 Å². The Balaban J connectivity index is 0.000000111. The molecule has 0 aliphatic heterocycles. The summed E-state index contributed by atoms with van der Waals surface area (Å²) in [6.07, 6.45) is 0. The molecule has 1 aliphatic rings. The highest BCUT2D eigenvalue weighted by molar-refractivity contribution is 6.29. The quantitative estimate of drug-likeness (QED) is 0.107. The summed E-state index contributed by atoms with van der Waals surface area (Å²) in [6, 6.07) is 201. The van der Waals surface area contributed by atoms with Gasteiger partial charge in [-0.2, -0.15) is 0 Å². The van der Waals surface area contributed by atoms with Crippen LogP contribution in [0, 0.1) is 0 Å². The van der Waals surface area contributed by atoms with Crippen molar-refractivity contribution in [2.45, 2.75) is 19.3 Å². The van der Waals surface area contributed by atoms with Crippen LogP contribution >= 0.6 is 0 Å². The molecule has 0 nitrogen and oxygen atoms in total. The average molecular weight is 1810 g/mol. The minimum Gasteiger partial charge on any atom is -0.0622 e. The van der Waals surface area contributed by atoms with Crippen LogP contribution in [0.4, 0.5) is 0 Å². The van der Waals surface area contributed by atoms with Crippen LogP contribution in [0.15, 0.2) is 546 Å². The molecule has 0 heterocycles. The molecule has 28 rings (SSSR count). The molecule has 0 unspecified atom stereocenters. The second-order valence-electron chi connectivity index (χ2n) is 38.5. The maximum Gasteiger partial charge on any atom is 0.0159 e. The molecule has 0 bridgehead atoms. The predicted molar refractivity (Wildman–Crippen MR) is 615 cm³/mol. The van der Waals surface area contributed by atoms with E-state index in [1.165, 1.54) is 274 Å². The highest BCUT2D eigenvalue weighted by Gasteiger charge is 2.36. The summed E-state index contributed by atoms with van der Waals surface area (Å²) in [5.74, 6) is 0. The third-order valence-corrected chi connectivity index (χ3v) is 30.2. The molecule has 0 radical (unpaired) electrons. The van der Waals surface area contributed by atoms with Crippen LogP contribution in [-0.2, 0) is 5.41 Å². The molecule has 0 heteroatoms. The van der Waals surface area contributed by atoms with Crippen molar-refractivity contribution in [3.05, 3.63) is 557 Å². The predicted octanol–water partition coefficient (Wildman–Crippen LogP) is 40.1. The third kappa shape index (κ3) is 15.0. The normalized spacial score (nSPS) is 12.0. The van der Waals surface area contributed by atoms with Crippen LogP contribution < -0.4 is 0 Å². The molecule has 0 saturated heterocycles. The zero-order chi connectivity index (χ0) is 95.0. The third-order valence-electron chi connectivity index (χ3n) is 30.2. The Morgan fingerprint density at radius 1 is 0.105 bits per heavy atom. The van der Waals surface area contributed by atoms with E-state index in [1.807, 2.05) is 0 Å². The zero-order valence-corrected chi connectivity index (χ0v) is 79.5. The Hall–Kier alpha value is -18.2. The molecule has 668 valence electrons. The lowest BCUT2D eigenvalue weighted by molar-refractivity contribution is 0.660. The monoisotopic (exact) mass is 1810 g/mol. The molecule has 1 aliphatic carbocycles. The number of fused-ring (bicyclic) bond motifs is 14. The first kappa shape index (κ1) is 85.2. The van der Waals surface area contributed by atoms with E-state index in [-0.39, 0.29) is 5.41 Å². The van der Waals surface area contributed by atoms with Crippen molar-refractivity contribution in [3.63, 3.8) is 0 Å². The van der Waals surface area contributed by atoms with Crippen molar-refractivity contribution in [2.75, 3.05) is 0 Å². The van der Waals surface area contributed by atoms with Crippen molar-refractivity contribution in [3.8, 4) is 145 Å². The maximum atomic E-state index is 2.49. The fraction of sp³-hybridized carbons (Fsp3) is 0.0210. The minimum atomic E-state index is -0.0663. The summed E-state index contributed by atoms with van der Waals surface area (Å²) in [5.41, 5.74) is 35.5. The SMILES string of the molecule is CC1(C)c2ccccc2-c2ccc(-c3c4ccccc4c(-c4ccc(-c5ccccc5)cc4)c4ccc(-c5ccccc5)cc34)cc21.c1ccc(-c2c3ccccc3c(-c3ccc4c(-c5ccc6ccccc6c5)c5ccccc5c(-c5cccc6ccccc56)c4c3)c3ccccc23)cc1.c1ccc(-c2ccc(-c3c4ccccc4c(-c4cccc5ccccc45)c4cc(-c5ccccc5)ccc34)cc2)cc1. The van der Waals surface area contributed by atoms with Gasteiger partial charge in [-0.1, -0.05) is 529 Å². The molecule has 0 fully saturated rings. The van der Waals surface area contributed by atoms with Gasteiger partial charge in [0.05, 0.1) is 0 Å². The lowest BCUT2D eigenvalue weighted by Crippen LogP contribution is -2.14. The zero-order valence-electron chi connectivity index (χ0n) is 79.5. The summed E-state index contributed by atoms with van der Waals surface area (Å²) in [5, 5.41) is 27.8. The van der Waals surface area contributed by atoms with E-state index in [0.717, 1.165) is 0 Å². The van der Waals surface area contributed by atoms with Crippen LogP contribution in [0.5, 0.6) is 0 Å². The fourth-order valence-electron chi connectivity index (χ4n) is 23.5. The molecule has 0 saturated carbocycles. The van der Waals surface area contributed by atoms with Crippen molar-refractivity contribution in [1.29, 1.82) is 0 Å². The van der Waals surface area contributed by atoms with Gasteiger partial charge < -0.3 is 0 Å². The van der Waals surface area contributed by atoms with Gasteiger partial charge in [-0.3, -0.25) is 0 Å². The number of benzene rings is 27. The summed E-state index contributed by atoms with van der Waals surface area (Å²) in [4.78, 5) is 0. The summed E-state index contributed by atoms with van der Waals surface area (Å²) in [6.45, 7) is 4.74. The van der Waals surface area contributed by atoms with Gasteiger partial charge in [0, 0.05) is 5.41 Å². The van der Waals surface area contributed by atoms with Gasteiger partial charge in [-0.15, -0.1) is 0 Å². The molecule has 143 heavy (non-hydrogen) atoms. The van der Waals surface area contributed by atoms with Crippen molar-refractivity contribution >= 4 is 118 Å². The molecule has 0 amide bonds. The minimum absolute atomic E-state index is 0.0663. The molecule has 0 spiro atoms. The Labute approximate surface area is 833 Å². The van der Waals surface area contributed by atoms with E-state index in [1.54, 1.807) is 0 Å². The van der Waals surface area contributed by atoms with E-state index in [4.69, 9.17) is 0 Å². The Morgan fingerprint density at radius 3 is 0.741 bits per heavy atom. The van der Waals surface area contributed by atoms with Gasteiger partial charge in [0.2, 0.25) is 0 Å². The maximum absolute atomic E-state index is 2.49. The van der Waals surface area contributed by atoms with Crippen LogP contribution in [-0.4, -0.2) is 0 Å². The molecular formula is C143H96. The average Bonchev–Trinajstić information content (AvgIpc) is 1.56. The van der Waals surface area contributed by atoms with Crippen molar-refractivity contribution in [2.24, 2.45) is 0 Å². The van der Waals surface area contributed by atoms with Crippen LogP contribution in [0.1, 0.15) is 25.0 Å². The highest BCUT2D eigenvalue weighted by Crippen LogP contribution is 2.56. The first-order valence-electron chi connectivity index (χ1n) is 49.8. The topological polar surface area (TPSA) is 0 Å². The van der Waals surface area contributed by atoms with E-state index in [2.05, 4.69) is 560 Å². The van der Waals surface area contributed by atoms with Crippen LogP contribution in [0.25, 0.3) is 263 Å². The number of hydrogen-bond acceptors (Lipinski definition) is 0. The van der Waals surface area contributed by atoms with Gasteiger partial charge >= 0.3 is 0 Å². The van der Waals surface area contributed by atoms with Gasteiger partial charge in [0.1, 0.15) is 0 Å². The second-order valence-corrected chi connectivity index (χ2v) is 38.5. The Bertz CT molecular complexity index is 9610. The molecule has 0 N–H and O–H groups in total. The van der Waals surface area contributed by atoms with E-state index in [0.29, 0.717) is 0 Å². The highest BCUT2D eigenvalue weighted by atomic mass is 14.4. The number of hydrogen-bond donors (Lipinski definition) is 0.